The van der Waals surface area contributed by atoms with Crippen LogP contribution in [0.1, 0.15) is 44.6 Å². The fraction of sp³-hybridized carbons (Fsp3) is 0.533. The molecule has 1 fully saturated rings. The molecule has 1 atom stereocenters. The molecule has 0 amide bonds. The number of hydrogen-bond acceptors (Lipinski definition) is 2. The molecule has 1 heterocycles. The van der Waals surface area contributed by atoms with E-state index in [0.29, 0.717) is 11.0 Å². The minimum absolute atomic E-state index is 0.483. The molecule has 1 aliphatic heterocycles. The summed E-state index contributed by atoms with van der Waals surface area (Å²) in [6, 6.07) is 6.89. The van der Waals surface area contributed by atoms with Crippen molar-refractivity contribution in [1.82, 2.24) is 0 Å². The van der Waals surface area contributed by atoms with Crippen LogP contribution in [0.4, 0.5) is 5.69 Å². The number of benzene rings is 1. The lowest BCUT2D eigenvalue weighted by Gasteiger charge is -2.38. The molecule has 2 nitrogen and oxygen atoms in total. The van der Waals surface area contributed by atoms with Crippen LogP contribution in [0.5, 0.6) is 0 Å². The van der Waals surface area contributed by atoms with Crippen LogP contribution >= 0.6 is 28.1 Å². The molecule has 1 unspecified atom stereocenters. The molecular weight excluding hydrogens is 320 g/mol. The average Bonchev–Trinajstić information content (AvgIpc) is 2.40. The molecule has 1 saturated heterocycles. The first-order valence-electron chi connectivity index (χ1n) is 6.99. The summed E-state index contributed by atoms with van der Waals surface area (Å²) in [6.07, 6.45) is 6.33. The van der Waals surface area contributed by atoms with Crippen LogP contribution in [0.2, 0.25) is 0 Å². The fourth-order valence-electron chi connectivity index (χ4n) is 2.91. The van der Waals surface area contributed by atoms with E-state index in [1.807, 2.05) is 6.07 Å². The second-order valence-corrected chi connectivity index (χ2v) is 6.51. The number of piperidine rings is 1. The van der Waals surface area contributed by atoms with E-state index in [1.165, 1.54) is 37.8 Å². The van der Waals surface area contributed by atoms with Crippen LogP contribution in [0.25, 0.3) is 0 Å². The lowest BCUT2D eigenvalue weighted by atomic mass is 9.96. The Kier molecular flexibility index (Phi) is 5.22. The predicted molar refractivity (Wildman–Crippen MR) is 89.9 cm³/mol. The molecule has 0 saturated carbocycles. The SMILES string of the molecule is CCCC1CCCCN1c1ccc(Br)cc1C(N)=S. The summed E-state index contributed by atoms with van der Waals surface area (Å²) in [4.78, 5) is 2.99. The standard InChI is InChI=1S/C15H21BrN2S/c1-2-5-12-6-3-4-9-18(12)14-8-7-11(16)10-13(14)15(17)19/h7-8,10,12H,2-6,9H2,1H3,(H2,17,19). The summed E-state index contributed by atoms with van der Waals surface area (Å²) >= 11 is 8.71. The van der Waals surface area contributed by atoms with Gasteiger partial charge in [0.05, 0.1) is 0 Å². The highest BCUT2D eigenvalue weighted by Crippen LogP contribution is 2.31. The van der Waals surface area contributed by atoms with Crippen molar-refractivity contribution in [2.45, 2.75) is 45.1 Å². The van der Waals surface area contributed by atoms with Gasteiger partial charge in [-0.25, -0.2) is 0 Å². The molecule has 2 rings (SSSR count). The van der Waals surface area contributed by atoms with Crippen molar-refractivity contribution in [1.29, 1.82) is 0 Å². The molecule has 0 spiro atoms. The molecule has 0 aromatic heterocycles. The zero-order valence-corrected chi connectivity index (χ0v) is 13.8. The summed E-state index contributed by atoms with van der Waals surface area (Å²) in [7, 11) is 0. The second kappa shape index (κ2) is 6.71. The number of anilines is 1. The van der Waals surface area contributed by atoms with Gasteiger partial charge in [-0.15, -0.1) is 0 Å². The monoisotopic (exact) mass is 340 g/mol. The maximum Gasteiger partial charge on any atom is 0.106 e. The van der Waals surface area contributed by atoms with E-state index in [1.54, 1.807) is 0 Å². The first-order valence-corrected chi connectivity index (χ1v) is 8.19. The molecule has 1 aromatic carbocycles. The Balaban J connectivity index is 2.35. The maximum atomic E-state index is 5.89. The molecule has 0 radical (unpaired) electrons. The van der Waals surface area contributed by atoms with Gasteiger partial charge in [0.2, 0.25) is 0 Å². The Morgan fingerprint density at radius 3 is 2.95 bits per heavy atom. The Morgan fingerprint density at radius 2 is 2.26 bits per heavy atom. The van der Waals surface area contributed by atoms with Gasteiger partial charge in [-0.2, -0.15) is 0 Å². The first kappa shape index (κ1) is 14.8. The lowest BCUT2D eigenvalue weighted by Crippen LogP contribution is -2.40. The minimum atomic E-state index is 0.483. The Morgan fingerprint density at radius 1 is 1.47 bits per heavy atom. The molecule has 104 valence electrons. The van der Waals surface area contributed by atoms with Gasteiger partial charge in [-0.3, -0.25) is 0 Å². The van der Waals surface area contributed by atoms with E-state index >= 15 is 0 Å². The minimum Gasteiger partial charge on any atom is -0.389 e. The van der Waals surface area contributed by atoms with Gasteiger partial charge in [0.15, 0.2) is 0 Å². The Labute approximate surface area is 129 Å². The highest BCUT2D eigenvalue weighted by Gasteiger charge is 2.24. The molecule has 19 heavy (non-hydrogen) atoms. The van der Waals surface area contributed by atoms with Crippen LogP contribution in [0, 0.1) is 0 Å². The number of nitrogens with two attached hydrogens (primary N) is 1. The molecule has 0 bridgehead atoms. The third-order valence-electron chi connectivity index (χ3n) is 3.78. The van der Waals surface area contributed by atoms with Crippen molar-refractivity contribution in [2.24, 2.45) is 5.73 Å². The zero-order chi connectivity index (χ0) is 13.8. The van der Waals surface area contributed by atoms with E-state index in [4.69, 9.17) is 18.0 Å². The second-order valence-electron chi connectivity index (χ2n) is 5.16. The zero-order valence-electron chi connectivity index (χ0n) is 11.4. The average molecular weight is 341 g/mol. The van der Waals surface area contributed by atoms with Gasteiger partial charge >= 0.3 is 0 Å². The predicted octanol–water partition coefficient (Wildman–Crippen LogP) is 4.24. The van der Waals surface area contributed by atoms with E-state index in [9.17, 15) is 0 Å². The van der Waals surface area contributed by atoms with Crippen LogP contribution < -0.4 is 10.6 Å². The van der Waals surface area contributed by atoms with Gasteiger partial charge in [-0.1, -0.05) is 41.5 Å². The van der Waals surface area contributed by atoms with Crippen molar-refractivity contribution in [3.05, 3.63) is 28.2 Å². The molecule has 4 heteroatoms. The Hall–Kier alpha value is -0.610. The summed E-state index contributed by atoms with van der Waals surface area (Å²) in [5, 5.41) is 0. The van der Waals surface area contributed by atoms with Gasteiger partial charge < -0.3 is 10.6 Å². The molecular formula is C15H21BrN2S. The van der Waals surface area contributed by atoms with Crippen molar-refractivity contribution in [3.63, 3.8) is 0 Å². The summed E-state index contributed by atoms with van der Waals surface area (Å²) in [6.45, 7) is 3.37. The van der Waals surface area contributed by atoms with E-state index in [2.05, 4.69) is 39.9 Å². The normalized spacial score (nSPS) is 19.5. The van der Waals surface area contributed by atoms with Crippen LogP contribution in [0.3, 0.4) is 0 Å². The maximum absolute atomic E-state index is 5.89. The number of hydrogen-bond donors (Lipinski definition) is 1. The smallest absolute Gasteiger partial charge is 0.106 e. The summed E-state index contributed by atoms with van der Waals surface area (Å²) < 4.78 is 1.03. The molecule has 1 aliphatic rings. The molecule has 0 aliphatic carbocycles. The van der Waals surface area contributed by atoms with Crippen molar-refractivity contribution < 1.29 is 0 Å². The van der Waals surface area contributed by atoms with E-state index < -0.39 is 0 Å². The van der Waals surface area contributed by atoms with E-state index in [0.717, 1.165) is 16.6 Å². The van der Waals surface area contributed by atoms with Gasteiger partial charge in [0, 0.05) is 28.3 Å². The number of thiocarbonyl (C=S) groups is 1. The Bertz CT molecular complexity index is 459. The summed E-state index contributed by atoms with van der Waals surface area (Å²) in [5.74, 6) is 0. The number of rotatable bonds is 4. The largest absolute Gasteiger partial charge is 0.389 e. The van der Waals surface area contributed by atoms with Crippen molar-refractivity contribution >= 4 is 38.8 Å². The first-order chi connectivity index (χ1) is 9.13. The molecule has 2 N–H and O–H groups in total. The highest BCUT2D eigenvalue weighted by atomic mass is 79.9. The third-order valence-corrected chi connectivity index (χ3v) is 4.50. The van der Waals surface area contributed by atoms with Crippen LogP contribution in [-0.2, 0) is 0 Å². The van der Waals surface area contributed by atoms with Crippen molar-refractivity contribution in [2.75, 3.05) is 11.4 Å². The summed E-state index contributed by atoms with van der Waals surface area (Å²) in [5.41, 5.74) is 8.09. The van der Waals surface area contributed by atoms with Gasteiger partial charge in [-0.05, 0) is 43.9 Å². The van der Waals surface area contributed by atoms with Gasteiger partial charge in [0.1, 0.15) is 4.99 Å². The lowest BCUT2D eigenvalue weighted by molar-refractivity contribution is 0.434. The fourth-order valence-corrected chi connectivity index (χ4v) is 3.43. The third kappa shape index (κ3) is 3.48. The quantitative estimate of drug-likeness (QED) is 0.831. The van der Waals surface area contributed by atoms with Crippen LogP contribution in [-0.4, -0.2) is 17.6 Å². The highest BCUT2D eigenvalue weighted by molar-refractivity contribution is 9.10. The van der Waals surface area contributed by atoms with Crippen molar-refractivity contribution in [3.8, 4) is 0 Å². The number of nitrogens with zero attached hydrogens (tertiary/aromatic N) is 1. The number of halogens is 1. The topological polar surface area (TPSA) is 29.3 Å². The van der Waals surface area contributed by atoms with Gasteiger partial charge in [0.25, 0.3) is 0 Å². The van der Waals surface area contributed by atoms with E-state index in [-0.39, 0.29) is 0 Å². The van der Waals surface area contributed by atoms with Crippen LogP contribution in [0.15, 0.2) is 22.7 Å². The molecule has 1 aromatic rings.